The predicted octanol–water partition coefficient (Wildman–Crippen LogP) is 2.83. The molecule has 0 saturated heterocycles. The summed E-state index contributed by atoms with van der Waals surface area (Å²) in [5.74, 6) is 0.479. The second-order valence-electron chi connectivity index (χ2n) is 6.20. The highest BCUT2D eigenvalue weighted by atomic mass is 16.5. The number of amides is 3. The molecule has 3 amide bonds. The Bertz CT molecular complexity index is 569. The zero-order chi connectivity index (χ0) is 17.4. The van der Waals surface area contributed by atoms with E-state index in [2.05, 4.69) is 16.0 Å². The topological polar surface area (TPSA) is 79.5 Å². The van der Waals surface area contributed by atoms with Crippen molar-refractivity contribution in [1.82, 2.24) is 10.6 Å². The number of hydrogen-bond acceptors (Lipinski definition) is 3. The van der Waals surface area contributed by atoms with Crippen molar-refractivity contribution in [1.29, 1.82) is 0 Å². The van der Waals surface area contributed by atoms with Crippen molar-refractivity contribution < 1.29 is 14.3 Å². The molecule has 1 aliphatic carbocycles. The number of urea groups is 1. The zero-order valence-corrected chi connectivity index (χ0v) is 14.5. The van der Waals surface area contributed by atoms with Crippen LogP contribution in [0.25, 0.3) is 0 Å². The van der Waals surface area contributed by atoms with E-state index in [1.807, 2.05) is 18.2 Å². The zero-order valence-electron chi connectivity index (χ0n) is 14.5. The van der Waals surface area contributed by atoms with Crippen LogP contribution in [0.2, 0.25) is 0 Å². The molecule has 0 aliphatic heterocycles. The van der Waals surface area contributed by atoms with Gasteiger partial charge in [-0.2, -0.15) is 0 Å². The fourth-order valence-corrected chi connectivity index (χ4v) is 3.00. The van der Waals surface area contributed by atoms with Gasteiger partial charge in [0, 0.05) is 19.5 Å². The first-order valence-corrected chi connectivity index (χ1v) is 8.57. The molecule has 0 heterocycles. The molecule has 24 heavy (non-hydrogen) atoms. The Morgan fingerprint density at radius 1 is 1.21 bits per heavy atom. The summed E-state index contributed by atoms with van der Waals surface area (Å²) in [6.45, 7) is 2.01. The molecule has 0 unspecified atom stereocenters. The van der Waals surface area contributed by atoms with Gasteiger partial charge in [-0.3, -0.25) is 4.79 Å². The normalized spacial score (nSPS) is 14.8. The molecule has 0 spiro atoms. The Morgan fingerprint density at radius 3 is 2.62 bits per heavy atom. The predicted molar refractivity (Wildman–Crippen MR) is 94.4 cm³/mol. The summed E-state index contributed by atoms with van der Waals surface area (Å²) in [7, 11) is 1.57. The summed E-state index contributed by atoms with van der Waals surface area (Å²) in [6.07, 6.45) is 6.51. The lowest BCUT2D eigenvalue weighted by atomic mass is 9.96. The Balaban J connectivity index is 1.80. The molecule has 132 valence electrons. The molecule has 6 heteroatoms. The van der Waals surface area contributed by atoms with E-state index >= 15 is 0 Å². The smallest absolute Gasteiger partial charge is 0.315 e. The van der Waals surface area contributed by atoms with E-state index in [-0.39, 0.29) is 11.9 Å². The molecule has 3 N–H and O–H groups in total. The number of nitrogens with one attached hydrogen (secondary N) is 3. The van der Waals surface area contributed by atoms with Gasteiger partial charge < -0.3 is 20.7 Å². The van der Waals surface area contributed by atoms with Gasteiger partial charge in [0.1, 0.15) is 5.75 Å². The molecule has 2 rings (SSSR count). The summed E-state index contributed by atoms with van der Waals surface area (Å²) >= 11 is 0. The molecule has 0 bridgehead atoms. The van der Waals surface area contributed by atoms with E-state index in [0.717, 1.165) is 18.4 Å². The van der Waals surface area contributed by atoms with Gasteiger partial charge in [-0.1, -0.05) is 25.3 Å². The van der Waals surface area contributed by atoms with Gasteiger partial charge in [-0.25, -0.2) is 4.79 Å². The second-order valence-corrected chi connectivity index (χ2v) is 6.20. The van der Waals surface area contributed by atoms with Crippen LogP contribution in [0.5, 0.6) is 5.75 Å². The first-order chi connectivity index (χ1) is 11.6. The summed E-state index contributed by atoms with van der Waals surface area (Å²) < 4.78 is 5.23. The first-order valence-electron chi connectivity index (χ1n) is 8.57. The Hall–Kier alpha value is -2.24. The third-order valence-electron chi connectivity index (χ3n) is 4.21. The van der Waals surface area contributed by atoms with Crippen LogP contribution in [-0.4, -0.2) is 31.6 Å². The van der Waals surface area contributed by atoms with E-state index in [4.69, 9.17) is 4.74 Å². The number of carbonyl (C=O) groups excluding carboxylic acids is 2. The van der Waals surface area contributed by atoms with Crippen LogP contribution in [0.3, 0.4) is 0 Å². The van der Waals surface area contributed by atoms with Crippen molar-refractivity contribution in [3.63, 3.8) is 0 Å². The van der Waals surface area contributed by atoms with Crippen molar-refractivity contribution in [3.05, 3.63) is 23.8 Å². The van der Waals surface area contributed by atoms with E-state index in [1.54, 1.807) is 7.11 Å². The molecule has 1 aromatic rings. The minimum atomic E-state index is -0.143. The number of anilines is 1. The maximum Gasteiger partial charge on any atom is 0.315 e. The van der Waals surface area contributed by atoms with Crippen LogP contribution in [0.1, 0.15) is 44.6 Å². The lowest BCUT2D eigenvalue weighted by molar-refractivity contribution is -0.114. The van der Waals surface area contributed by atoms with E-state index in [0.29, 0.717) is 30.4 Å². The Kier molecular flexibility index (Phi) is 6.90. The van der Waals surface area contributed by atoms with Crippen LogP contribution in [0.15, 0.2) is 18.2 Å². The second kappa shape index (κ2) is 9.15. The molecule has 1 aromatic carbocycles. The highest BCUT2D eigenvalue weighted by Crippen LogP contribution is 2.25. The lowest BCUT2D eigenvalue weighted by Gasteiger charge is -2.22. The molecule has 1 saturated carbocycles. The molecular formula is C18H27N3O3. The van der Waals surface area contributed by atoms with Crippen molar-refractivity contribution >= 4 is 17.6 Å². The number of ether oxygens (including phenoxy) is 1. The molecule has 0 radical (unpaired) electrons. The molecule has 0 aromatic heterocycles. The minimum Gasteiger partial charge on any atom is -0.495 e. The van der Waals surface area contributed by atoms with Crippen molar-refractivity contribution in [2.24, 2.45) is 0 Å². The van der Waals surface area contributed by atoms with Gasteiger partial charge in [-0.15, -0.1) is 0 Å². The number of carbonyl (C=O) groups is 2. The third-order valence-corrected chi connectivity index (χ3v) is 4.21. The van der Waals surface area contributed by atoms with Crippen LogP contribution in [0, 0.1) is 0 Å². The Labute approximate surface area is 143 Å². The highest BCUT2D eigenvalue weighted by Gasteiger charge is 2.15. The average molecular weight is 333 g/mol. The van der Waals surface area contributed by atoms with Gasteiger partial charge in [0.25, 0.3) is 0 Å². The SMILES string of the molecule is COc1ccc(CCNC(=O)NC2CCCCC2)cc1NC(C)=O. The van der Waals surface area contributed by atoms with Crippen molar-refractivity contribution in [2.75, 3.05) is 19.0 Å². The monoisotopic (exact) mass is 333 g/mol. The highest BCUT2D eigenvalue weighted by molar-refractivity contribution is 5.90. The number of benzene rings is 1. The largest absolute Gasteiger partial charge is 0.495 e. The van der Waals surface area contributed by atoms with Crippen LogP contribution >= 0.6 is 0 Å². The first kappa shape index (κ1) is 18.1. The molecular weight excluding hydrogens is 306 g/mol. The van der Waals surface area contributed by atoms with Crippen molar-refractivity contribution in [2.45, 2.75) is 51.5 Å². The fourth-order valence-electron chi connectivity index (χ4n) is 3.00. The summed E-state index contributed by atoms with van der Waals surface area (Å²) in [5.41, 5.74) is 1.67. The van der Waals surface area contributed by atoms with Crippen LogP contribution in [0.4, 0.5) is 10.5 Å². The quantitative estimate of drug-likeness (QED) is 0.749. The summed E-state index contributed by atoms with van der Waals surface area (Å²) in [6, 6.07) is 5.85. The number of rotatable bonds is 6. The van der Waals surface area contributed by atoms with E-state index in [9.17, 15) is 9.59 Å². The number of methoxy groups -OCH3 is 1. The third kappa shape index (κ3) is 5.76. The molecule has 0 atom stereocenters. The van der Waals surface area contributed by atoms with Crippen LogP contribution in [-0.2, 0) is 11.2 Å². The lowest BCUT2D eigenvalue weighted by Crippen LogP contribution is -2.43. The average Bonchev–Trinajstić information content (AvgIpc) is 2.55. The maximum absolute atomic E-state index is 11.9. The number of hydrogen-bond donors (Lipinski definition) is 3. The molecule has 6 nitrogen and oxygen atoms in total. The van der Waals surface area contributed by atoms with Crippen molar-refractivity contribution in [3.8, 4) is 5.75 Å². The Morgan fingerprint density at radius 2 is 1.96 bits per heavy atom. The summed E-state index contributed by atoms with van der Waals surface area (Å²) in [5, 5.41) is 8.69. The van der Waals surface area contributed by atoms with Crippen LogP contribution < -0.4 is 20.7 Å². The van der Waals surface area contributed by atoms with E-state index < -0.39 is 0 Å². The minimum absolute atomic E-state index is 0.0995. The maximum atomic E-state index is 11.9. The van der Waals surface area contributed by atoms with Gasteiger partial charge in [0.05, 0.1) is 12.8 Å². The summed E-state index contributed by atoms with van der Waals surface area (Å²) in [4.78, 5) is 23.2. The van der Waals surface area contributed by atoms with Gasteiger partial charge >= 0.3 is 6.03 Å². The standard InChI is InChI=1S/C18H27N3O3/c1-13(22)20-16-12-14(8-9-17(16)24-2)10-11-19-18(23)21-15-6-4-3-5-7-15/h8-9,12,15H,3-7,10-11H2,1-2H3,(H,20,22)(H2,19,21,23). The van der Waals surface area contributed by atoms with Gasteiger partial charge in [-0.05, 0) is 37.0 Å². The fraction of sp³-hybridized carbons (Fsp3) is 0.556. The van der Waals surface area contributed by atoms with E-state index in [1.165, 1.54) is 26.2 Å². The molecule has 1 fully saturated rings. The van der Waals surface area contributed by atoms with Gasteiger partial charge in [0.2, 0.25) is 5.91 Å². The van der Waals surface area contributed by atoms with Gasteiger partial charge in [0.15, 0.2) is 0 Å². The molecule has 1 aliphatic rings.